The molecule has 1 aromatic carbocycles. The lowest BCUT2D eigenvalue weighted by Gasteiger charge is -2.20. The molecule has 2 nitrogen and oxygen atoms in total. The number of carbonyl (C=O) groups excluding carboxylic acids is 1. The van der Waals surface area contributed by atoms with Crippen molar-refractivity contribution >= 4 is 53.8 Å². The monoisotopic (exact) mass is 426 g/mol. The van der Waals surface area contributed by atoms with Crippen molar-refractivity contribution in [2.75, 3.05) is 0 Å². The largest absolute Gasteiger partial charge is 0.456 e. The normalized spacial score (nSPS) is 11.4. The van der Waals surface area contributed by atoms with Gasteiger partial charge in [-0.2, -0.15) is 0 Å². The van der Waals surface area contributed by atoms with Gasteiger partial charge in [-0.15, -0.1) is 0 Å². The first-order valence-corrected chi connectivity index (χ1v) is 7.72. The summed E-state index contributed by atoms with van der Waals surface area (Å²) in [6.45, 7) is 5.55. The van der Waals surface area contributed by atoms with Crippen LogP contribution in [0.2, 0.25) is 0 Å². The molecule has 17 heavy (non-hydrogen) atoms. The van der Waals surface area contributed by atoms with E-state index in [2.05, 4.69) is 47.8 Å². The van der Waals surface area contributed by atoms with E-state index < -0.39 is 5.60 Å². The van der Waals surface area contributed by atoms with Crippen LogP contribution in [0.25, 0.3) is 0 Å². The highest BCUT2D eigenvalue weighted by Crippen LogP contribution is 2.30. The molecule has 0 unspecified atom stereocenters. The van der Waals surface area contributed by atoms with E-state index >= 15 is 0 Å². The van der Waals surface area contributed by atoms with Gasteiger partial charge in [-0.05, 0) is 38.5 Å². The minimum absolute atomic E-state index is 0.319. The highest BCUT2D eigenvalue weighted by molar-refractivity contribution is 9.11. The lowest BCUT2D eigenvalue weighted by molar-refractivity contribution is 0.00694. The van der Waals surface area contributed by atoms with Gasteiger partial charge in [0, 0.05) is 14.3 Å². The Hall–Kier alpha value is 0.130. The minimum atomic E-state index is -0.482. The summed E-state index contributed by atoms with van der Waals surface area (Å²) in [5.74, 6) is -0.319. The summed E-state index contributed by atoms with van der Waals surface area (Å²) in [6.07, 6.45) is 0. The van der Waals surface area contributed by atoms with Crippen LogP contribution in [-0.2, 0) is 10.1 Å². The van der Waals surface area contributed by atoms with Gasteiger partial charge in [0.05, 0.1) is 5.56 Å². The van der Waals surface area contributed by atoms with Crippen LogP contribution in [0.3, 0.4) is 0 Å². The molecular formula is C12H13Br3O2. The van der Waals surface area contributed by atoms with Crippen LogP contribution < -0.4 is 0 Å². The Balaban J connectivity index is 3.05. The van der Waals surface area contributed by atoms with E-state index in [9.17, 15) is 4.79 Å². The molecular weight excluding hydrogens is 416 g/mol. The van der Waals surface area contributed by atoms with E-state index in [-0.39, 0.29) is 5.97 Å². The number of alkyl halides is 1. The highest BCUT2D eigenvalue weighted by Gasteiger charge is 2.19. The Morgan fingerprint density at radius 2 is 1.71 bits per heavy atom. The molecule has 0 amide bonds. The summed E-state index contributed by atoms with van der Waals surface area (Å²) in [5, 5.41) is 0.711. The fraction of sp³-hybridized carbons (Fsp3) is 0.417. The van der Waals surface area contributed by atoms with Crippen LogP contribution in [0.4, 0.5) is 0 Å². The van der Waals surface area contributed by atoms with Gasteiger partial charge in [0.25, 0.3) is 0 Å². The average Bonchev–Trinajstić information content (AvgIpc) is 2.14. The second-order valence-electron chi connectivity index (χ2n) is 4.55. The maximum Gasteiger partial charge on any atom is 0.338 e. The van der Waals surface area contributed by atoms with E-state index in [4.69, 9.17) is 4.74 Å². The smallest absolute Gasteiger partial charge is 0.338 e. The first-order chi connectivity index (χ1) is 7.74. The Morgan fingerprint density at radius 3 is 2.06 bits per heavy atom. The Kier molecular flexibility index (Phi) is 5.22. The zero-order valence-electron chi connectivity index (χ0n) is 9.81. The summed E-state index contributed by atoms with van der Waals surface area (Å²) < 4.78 is 7.07. The summed E-state index contributed by atoms with van der Waals surface area (Å²) >= 11 is 10.3. The van der Waals surface area contributed by atoms with Gasteiger partial charge in [-0.1, -0.05) is 47.8 Å². The van der Waals surface area contributed by atoms with Crippen molar-refractivity contribution in [3.63, 3.8) is 0 Å². The Bertz CT molecular complexity index is 413. The molecule has 0 N–H and O–H groups in total. The summed E-state index contributed by atoms with van der Waals surface area (Å²) in [6, 6.07) is 3.55. The number of benzene rings is 1. The van der Waals surface area contributed by atoms with Crippen molar-refractivity contribution in [2.24, 2.45) is 0 Å². The molecule has 0 aliphatic carbocycles. The standard InChI is InChI=1S/C12H13Br3O2/c1-12(2,3)17-11(16)7-4-9(14)8(6-13)10(15)5-7/h4-5H,6H2,1-3H3. The van der Waals surface area contributed by atoms with Gasteiger partial charge in [-0.25, -0.2) is 4.79 Å². The molecule has 0 aliphatic heterocycles. The van der Waals surface area contributed by atoms with Crippen molar-refractivity contribution in [3.05, 3.63) is 32.2 Å². The Labute approximate surface area is 126 Å². The summed E-state index contributed by atoms with van der Waals surface area (Å²) in [4.78, 5) is 11.9. The highest BCUT2D eigenvalue weighted by atomic mass is 79.9. The van der Waals surface area contributed by atoms with Crippen LogP contribution in [-0.4, -0.2) is 11.6 Å². The fourth-order valence-electron chi connectivity index (χ4n) is 1.19. The van der Waals surface area contributed by atoms with Crippen LogP contribution in [0, 0.1) is 0 Å². The third-order valence-electron chi connectivity index (χ3n) is 1.91. The molecule has 0 aliphatic rings. The first-order valence-electron chi connectivity index (χ1n) is 5.02. The van der Waals surface area contributed by atoms with Crippen molar-refractivity contribution in [3.8, 4) is 0 Å². The van der Waals surface area contributed by atoms with Gasteiger partial charge in [0.1, 0.15) is 5.60 Å². The van der Waals surface area contributed by atoms with Crippen LogP contribution in [0.1, 0.15) is 36.7 Å². The summed E-state index contributed by atoms with van der Waals surface area (Å²) in [7, 11) is 0. The van der Waals surface area contributed by atoms with Crippen LogP contribution in [0.15, 0.2) is 21.1 Å². The molecule has 0 atom stereocenters. The maximum absolute atomic E-state index is 11.9. The van der Waals surface area contributed by atoms with Gasteiger partial charge >= 0.3 is 5.97 Å². The quantitative estimate of drug-likeness (QED) is 0.486. The lowest BCUT2D eigenvalue weighted by Crippen LogP contribution is -2.23. The molecule has 0 saturated carbocycles. The SMILES string of the molecule is CC(C)(C)OC(=O)c1cc(Br)c(CBr)c(Br)c1. The molecule has 1 aromatic rings. The molecule has 94 valence electrons. The number of halogens is 3. The van der Waals surface area contributed by atoms with E-state index in [1.165, 1.54) is 0 Å². The Morgan fingerprint density at radius 1 is 1.24 bits per heavy atom. The molecule has 5 heteroatoms. The molecule has 1 rings (SSSR count). The lowest BCUT2D eigenvalue weighted by atomic mass is 10.1. The molecule has 0 radical (unpaired) electrons. The van der Waals surface area contributed by atoms with Gasteiger partial charge in [0.15, 0.2) is 0 Å². The van der Waals surface area contributed by atoms with Gasteiger partial charge in [-0.3, -0.25) is 0 Å². The number of rotatable bonds is 2. The third-order valence-corrected chi connectivity index (χ3v) is 3.89. The van der Waals surface area contributed by atoms with Crippen molar-refractivity contribution in [1.29, 1.82) is 0 Å². The van der Waals surface area contributed by atoms with E-state index in [1.54, 1.807) is 12.1 Å². The molecule has 0 aromatic heterocycles. The number of ether oxygens (including phenoxy) is 1. The second kappa shape index (κ2) is 5.85. The zero-order valence-corrected chi connectivity index (χ0v) is 14.6. The van der Waals surface area contributed by atoms with Crippen molar-refractivity contribution in [2.45, 2.75) is 31.7 Å². The molecule has 0 fully saturated rings. The van der Waals surface area contributed by atoms with Crippen molar-refractivity contribution < 1.29 is 9.53 Å². The average molecular weight is 429 g/mol. The molecule has 0 heterocycles. The number of hydrogen-bond donors (Lipinski definition) is 0. The molecule has 0 saturated heterocycles. The van der Waals surface area contributed by atoms with Gasteiger partial charge in [0.2, 0.25) is 0 Å². The molecule has 0 bridgehead atoms. The molecule has 0 spiro atoms. The number of esters is 1. The van der Waals surface area contributed by atoms with Crippen LogP contribution in [0.5, 0.6) is 0 Å². The number of carbonyl (C=O) groups is 1. The summed E-state index contributed by atoms with van der Waals surface area (Å²) in [5.41, 5.74) is 1.12. The predicted octanol–water partition coefficient (Wildman–Crippen LogP) is 5.06. The van der Waals surface area contributed by atoms with E-state index in [0.29, 0.717) is 10.9 Å². The maximum atomic E-state index is 11.9. The van der Waals surface area contributed by atoms with Crippen molar-refractivity contribution in [1.82, 2.24) is 0 Å². The first kappa shape index (κ1) is 15.2. The van der Waals surface area contributed by atoms with Gasteiger partial charge < -0.3 is 4.74 Å². The third kappa shape index (κ3) is 4.38. The topological polar surface area (TPSA) is 26.3 Å². The number of hydrogen-bond acceptors (Lipinski definition) is 2. The van der Waals surface area contributed by atoms with Crippen LogP contribution >= 0.6 is 47.8 Å². The minimum Gasteiger partial charge on any atom is -0.456 e. The second-order valence-corrected chi connectivity index (χ2v) is 6.82. The predicted molar refractivity (Wildman–Crippen MR) is 79.6 cm³/mol. The van der Waals surface area contributed by atoms with E-state index in [0.717, 1.165) is 14.5 Å². The fourth-order valence-corrected chi connectivity index (χ4v) is 4.01. The van der Waals surface area contributed by atoms with E-state index in [1.807, 2.05) is 20.8 Å². The zero-order chi connectivity index (χ0) is 13.2.